The number of nitrogens with zero attached hydrogens (tertiary/aromatic N) is 1. The maximum absolute atomic E-state index is 12.4. The topological polar surface area (TPSA) is 40.5 Å². The molecule has 0 saturated carbocycles. The number of hydrogen-bond donors (Lipinski definition) is 1. The highest BCUT2D eigenvalue weighted by Crippen LogP contribution is 2.25. The molecule has 1 rings (SSSR count). The molecule has 0 fully saturated rings. The van der Waals surface area contributed by atoms with E-state index < -0.39 is 0 Å². The molecule has 1 heterocycles. The average Bonchev–Trinajstić information content (AvgIpc) is 2.81. The van der Waals surface area contributed by atoms with E-state index >= 15 is 0 Å². The number of carbonyl (C=O) groups excluding carboxylic acids is 1. The molecule has 0 aliphatic rings. The van der Waals surface area contributed by atoms with Crippen molar-refractivity contribution < 1.29 is 9.90 Å². The molecule has 1 aromatic heterocycles. The Morgan fingerprint density at radius 3 is 2.63 bits per heavy atom. The quantitative estimate of drug-likeness (QED) is 0.845. The molecule has 4 heteroatoms. The van der Waals surface area contributed by atoms with Crippen molar-refractivity contribution in [1.29, 1.82) is 0 Å². The molecule has 0 spiro atoms. The molecule has 1 aromatic rings. The second-order valence-electron chi connectivity index (χ2n) is 5.58. The number of hydrogen-bond acceptors (Lipinski definition) is 3. The molecule has 3 nitrogen and oxygen atoms in total. The summed E-state index contributed by atoms with van der Waals surface area (Å²) in [4.78, 5) is 15.6. The summed E-state index contributed by atoms with van der Waals surface area (Å²) >= 11 is 1.36. The van der Waals surface area contributed by atoms with E-state index in [2.05, 4.69) is 39.5 Å². The summed E-state index contributed by atoms with van der Waals surface area (Å²) in [5, 5.41) is 8.65. The summed E-state index contributed by atoms with van der Waals surface area (Å²) in [6.07, 6.45) is 0. The summed E-state index contributed by atoms with van der Waals surface area (Å²) < 4.78 is 0. The maximum atomic E-state index is 12.4. The van der Waals surface area contributed by atoms with E-state index in [4.69, 9.17) is 5.11 Å². The van der Waals surface area contributed by atoms with Crippen molar-refractivity contribution in [1.82, 2.24) is 4.90 Å². The summed E-state index contributed by atoms with van der Waals surface area (Å²) in [6, 6.07) is 3.75. The van der Waals surface area contributed by atoms with Crippen LogP contribution in [0.25, 0.3) is 0 Å². The minimum atomic E-state index is -0.165. The molecule has 0 aromatic carbocycles. The van der Waals surface area contributed by atoms with Gasteiger partial charge in [-0.1, -0.05) is 32.6 Å². The van der Waals surface area contributed by atoms with Gasteiger partial charge in [0.25, 0.3) is 5.91 Å². The first-order chi connectivity index (χ1) is 8.77. The zero-order chi connectivity index (χ0) is 14.6. The fourth-order valence-corrected chi connectivity index (χ4v) is 2.44. The second kappa shape index (κ2) is 6.23. The van der Waals surface area contributed by atoms with Gasteiger partial charge in [-0.15, -0.1) is 11.3 Å². The largest absolute Gasteiger partial charge is 0.384 e. The monoisotopic (exact) mass is 279 g/mol. The first-order valence-corrected chi connectivity index (χ1v) is 7.05. The van der Waals surface area contributed by atoms with Crippen molar-refractivity contribution in [2.24, 2.45) is 5.41 Å². The third-order valence-electron chi connectivity index (χ3n) is 3.26. The molecule has 0 aliphatic heterocycles. The number of aliphatic hydroxyl groups is 1. The van der Waals surface area contributed by atoms with Gasteiger partial charge >= 0.3 is 0 Å². The molecule has 0 radical (unpaired) electrons. The first-order valence-electron chi connectivity index (χ1n) is 6.24. The molecule has 1 atom stereocenters. The number of thiophene rings is 1. The van der Waals surface area contributed by atoms with Crippen molar-refractivity contribution in [2.45, 2.75) is 33.7 Å². The van der Waals surface area contributed by atoms with E-state index in [9.17, 15) is 4.79 Å². The Hall–Kier alpha value is -1.31. The fraction of sp³-hybridized carbons (Fsp3) is 0.533. The Bertz CT molecular complexity index is 502. The lowest BCUT2D eigenvalue weighted by Gasteiger charge is -2.35. The lowest BCUT2D eigenvalue weighted by Crippen LogP contribution is -2.42. The van der Waals surface area contributed by atoms with Crippen LogP contribution >= 0.6 is 11.3 Å². The Labute approximate surface area is 119 Å². The molecule has 1 N–H and O–H groups in total. The number of rotatable bonds is 2. The zero-order valence-electron chi connectivity index (χ0n) is 12.2. The van der Waals surface area contributed by atoms with Crippen molar-refractivity contribution >= 4 is 17.2 Å². The molecule has 0 bridgehead atoms. The molecular formula is C15H21NO2S. The van der Waals surface area contributed by atoms with Gasteiger partial charge in [0.2, 0.25) is 0 Å². The Morgan fingerprint density at radius 1 is 1.47 bits per heavy atom. The smallest absolute Gasteiger partial charge is 0.263 e. The molecule has 1 unspecified atom stereocenters. The summed E-state index contributed by atoms with van der Waals surface area (Å²) in [5.41, 5.74) is 0.0429. The lowest BCUT2D eigenvalue weighted by atomic mass is 9.87. The second-order valence-corrected chi connectivity index (χ2v) is 6.67. The van der Waals surface area contributed by atoms with E-state index in [1.807, 2.05) is 13.1 Å². The molecule has 1 amide bonds. The van der Waals surface area contributed by atoms with Gasteiger partial charge < -0.3 is 10.0 Å². The predicted molar refractivity (Wildman–Crippen MR) is 79.3 cm³/mol. The predicted octanol–water partition coefficient (Wildman–Crippen LogP) is 2.60. The van der Waals surface area contributed by atoms with E-state index in [1.165, 1.54) is 11.3 Å². The SMILES string of the molecule is CC(N(C)C(=O)c1ccc(C#CCO)s1)C(C)(C)C. The highest BCUT2D eigenvalue weighted by molar-refractivity contribution is 7.14. The van der Waals surface area contributed by atoms with E-state index in [0.29, 0.717) is 4.88 Å². The third-order valence-corrected chi connectivity index (χ3v) is 4.25. The van der Waals surface area contributed by atoms with Crippen LogP contribution in [-0.2, 0) is 0 Å². The summed E-state index contributed by atoms with van der Waals surface area (Å²) in [6.45, 7) is 8.25. The van der Waals surface area contributed by atoms with Crippen molar-refractivity contribution in [3.8, 4) is 11.8 Å². The van der Waals surface area contributed by atoms with Crippen LogP contribution in [0.1, 0.15) is 42.2 Å². The summed E-state index contributed by atoms with van der Waals surface area (Å²) in [5.74, 6) is 5.42. The zero-order valence-corrected chi connectivity index (χ0v) is 13.0. The van der Waals surface area contributed by atoms with Crippen LogP contribution in [0.15, 0.2) is 12.1 Å². The van der Waals surface area contributed by atoms with Crippen LogP contribution in [0.3, 0.4) is 0 Å². The van der Waals surface area contributed by atoms with Gasteiger partial charge in [-0.2, -0.15) is 0 Å². The van der Waals surface area contributed by atoms with Gasteiger partial charge in [0.15, 0.2) is 0 Å². The van der Waals surface area contributed by atoms with Crippen molar-refractivity contribution in [3.63, 3.8) is 0 Å². The Balaban J connectivity index is 2.86. The van der Waals surface area contributed by atoms with Crippen LogP contribution in [0.2, 0.25) is 0 Å². The molecular weight excluding hydrogens is 258 g/mol. The minimum Gasteiger partial charge on any atom is -0.384 e. The molecule has 0 saturated heterocycles. The van der Waals surface area contributed by atoms with Gasteiger partial charge in [-0.25, -0.2) is 0 Å². The van der Waals surface area contributed by atoms with Crippen molar-refractivity contribution in [2.75, 3.05) is 13.7 Å². The highest BCUT2D eigenvalue weighted by Gasteiger charge is 2.28. The van der Waals surface area contributed by atoms with Crippen LogP contribution < -0.4 is 0 Å². The van der Waals surface area contributed by atoms with Crippen LogP contribution in [-0.4, -0.2) is 35.6 Å². The van der Waals surface area contributed by atoms with Crippen LogP contribution in [0.5, 0.6) is 0 Å². The van der Waals surface area contributed by atoms with E-state index in [1.54, 1.807) is 11.0 Å². The van der Waals surface area contributed by atoms with E-state index in [0.717, 1.165) is 4.88 Å². The standard InChI is InChI=1S/C15H21NO2S/c1-11(15(2,3)4)16(5)14(18)13-9-8-12(19-13)7-6-10-17/h8-9,11,17H,10H2,1-5H3. The van der Waals surface area contributed by atoms with Gasteiger partial charge in [-0.05, 0) is 24.5 Å². The Kier molecular flexibility index (Phi) is 5.16. The highest BCUT2D eigenvalue weighted by atomic mass is 32.1. The first kappa shape index (κ1) is 15.7. The minimum absolute atomic E-state index is 0.0180. The lowest BCUT2D eigenvalue weighted by molar-refractivity contribution is 0.0634. The molecule has 104 valence electrons. The van der Waals surface area contributed by atoms with Gasteiger partial charge in [0.05, 0.1) is 9.75 Å². The summed E-state index contributed by atoms with van der Waals surface area (Å²) in [7, 11) is 1.83. The van der Waals surface area contributed by atoms with Crippen LogP contribution in [0, 0.1) is 17.3 Å². The normalized spacial score (nSPS) is 12.5. The average molecular weight is 279 g/mol. The maximum Gasteiger partial charge on any atom is 0.263 e. The molecule has 19 heavy (non-hydrogen) atoms. The number of amides is 1. The van der Waals surface area contributed by atoms with Gasteiger partial charge in [0.1, 0.15) is 6.61 Å². The van der Waals surface area contributed by atoms with Gasteiger partial charge in [-0.3, -0.25) is 4.79 Å². The third kappa shape index (κ3) is 4.09. The fourth-order valence-electron chi connectivity index (χ4n) is 1.58. The van der Waals surface area contributed by atoms with E-state index in [-0.39, 0.29) is 24.0 Å². The molecule has 0 aliphatic carbocycles. The number of aliphatic hydroxyl groups excluding tert-OH is 1. The van der Waals surface area contributed by atoms with Crippen LogP contribution in [0.4, 0.5) is 0 Å². The Morgan fingerprint density at radius 2 is 2.11 bits per heavy atom. The number of carbonyl (C=O) groups is 1. The van der Waals surface area contributed by atoms with Gasteiger partial charge in [0, 0.05) is 13.1 Å². The van der Waals surface area contributed by atoms with Crippen molar-refractivity contribution in [3.05, 3.63) is 21.9 Å².